The number of esters is 1. The first-order valence-corrected chi connectivity index (χ1v) is 12.0. The van der Waals surface area contributed by atoms with Gasteiger partial charge in [-0.1, -0.05) is 30.3 Å². The molecule has 0 N–H and O–H groups in total. The van der Waals surface area contributed by atoms with Gasteiger partial charge >= 0.3 is 5.97 Å². The predicted octanol–water partition coefficient (Wildman–Crippen LogP) is 2.93. The minimum absolute atomic E-state index is 0.00901. The SMILES string of the molecule is COC(=O)C1(c2ccccc2)CCN(C(=O)CCCn2cnc3cc(OC)c(OC)cc3c2=O)CC1. The maximum absolute atomic E-state index is 13.0. The summed E-state index contributed by atoms with van der Waals surface area (Å²) in [4.78, 5) is 44.7. The molecule has 0 bridgehead atoms. The molecule has 1 saturated heterocycles. The van der Waals surface area contributed by atoms with Gasteiger partial charge in [-0.25, -0.2) is 4.98 Å². The number of nitrogens with zero attached hydrogens (tertiary/aromatic N) is 3. The van der Waals surface area contributed by atoms with Crippen molar-refractivity contribution < 1.29 is 23.8 Å². The number of carbonyl (C=O) groups excluding carboxylic acids is 2. The molecule has 1 aromatic heterocycles. The lowest BCUT2D eigenvalue weighted by atomic mass is 9.72. The molecule has 9 heteroatoms. The summed E-state index contributed by atoms with van der Waals surface area (Å²) in [6.07, 6.45) is 3.31. The van der Waals surface area contributed by atoms with Gasteiger partial charge in [0.15, 0.2) is 11.5 Å². The molecule has 1 fully saturated rings. The lowest BCUT2D eigenvalue weighted by Crippen LogP contribution is -2.49. The molecular formula is C27H31N3O6. The van der Waals surface area contributed by atoms with Gasteiger partial charge in [0.2, 0.25) is 5.91 Å². The Labute approximate surface area is 209 Å². The summed E-state index contributed by atoms with van der Waals surface area (Å²) in [5.41, 5.74) is 0.505. The predicted molar refractivity (Wildman–Crippen MR) is 134 cm³/mol. The molecule has 2 heterocycles. The van der Waals surface area contributed by atoms with Crippen LogP contribution in [0.2, 0.25) is 0 Å². The van der Waals surface area contributed by atoms with Crippen LogP contribution >= 0.6 is 0 Å². The monoisotopic (exact) mass is 493 g/mol. The van der Waals surface area contributed by atoms with Gasteiger partial charge in [-0.2, -0.15) is 0 Å². The number of amides is 1. The average Bonchev–Trinajstić information content (AvgIpc) is 2.93. The number of aromatic nitrogens is 2. The number of piperidine rings is 1. The van der Waals surface area contributed by atoms with Crippen LogP contribution in [-0.2, 0) is 26.3 Å². The first kappa shape index (κ1) is 25.2. The molecular weight excluding hydrogens is 462 g/mol. The van der Waals surface area contributed by atoms with E-state index in [-0.39, 0.29) is 17.4 Å². The van der Waals surface area contributed by atoms with E-state index in [0.29, 0.717) is 67.7 Å². The summed E-state index contributed by atoms with van der Waals surface area (Å²) in [6, 6.07) is 12.9. The van der Waals surface area contributed by atoms with Crippen LogP contribution in [0.5, 0.6) is 11.5 Å². The molecule has 0 aliphatic carbocycles. The Morgan fingerprint density at radius 1 is 1.00 bits per heavy atom. The topological polar surface area (TPSA) is 100.0 Å². The maximum Gasteiger partial charge on any atom is 0.316 e. The molecule has 0 unspecified atom stereocenters. The minimum atomic E-state index is -0.736. The molecule has 0 radical (unpaired) electrons. The van der Waals surface area contributed by atoms with Crippen LogP contribution in [0.4, 0.5) is 0 Å². The summed E-state index contributed by atoms with van der Waals surface area (Å²) in [5, 5.41) is 0.428. The molecule has 36 heavy (non-hydrogen) atoms. The molecule has 2 aromatic carbocycles. The summed E-state index contributed by atoms with van der Waals surface area (Å²) in [6.45, 7) is 1.32. The van der Waals surface area contributed by atoms with Gasteiger partial charge in [0.1, 0.15) is 0 Å². The molecule has 0 spiro atoms. The fourth-order valence-corrected chi connectivity index (χ4v) is 4.90. The second kappa shape index (κ2) is 10.8. The number of carbonyl (C=O) groups is 2. The molecule has 3 aromatic rings. The lowest BCUT2D eigenvalue weighted by Gasteiger charge is -2.40. The minimum Gasteiger partial charge on any atom is -0.493 e. The van der Waals surface area contributed by atoms with Crippen molar-refractivity contribution in [2.24, 2.45) is 0 Å². The van der Waals surface area contributed by atoms with Crippen LogP contribution in [0.3, 0.4) is 0 Å². The van der Waals surface area contributed by atoms with Crippen molar-refractivity contribution in [2.45, 2.75) is 37.6 Å². The van der Waals surface area contributed by atoms with Gasteiger partial charge in [-0.05, 0) is 30.9 Å². The van der Waals surface area contributed by atoms with Gasteiger partial charge in [0.05, 0.1) is 44.0 Å². The van der Waals surface area contributed by atoms with Crippen molar-refractivity contribution in [3.8, 4) is 11.5 Å². The van der Waals surface area contributed by atoms with E-state index < -0.39 is 5.41 Å². The fourth-order valence-electron chi connectivity index (χ4n) is 4.90. The van der Waals surface area contributed by atoms with E-state index in [1.807, 2.05) is 30.3 Å². The summed E-state index contributed by atoms with van der Waals surface area (Å²) < 4.78 is 17.2. The smallest absolute Gasteiger partial charge is 0.316 e. The van der Waals surface area contributed by atoms with E-state index in [1.165, 1.54) is 32.2 Å². The molecule has 4 rings (SSSR count). The van der Waals surface area contributed by atoms with Gasteiger partial charge in [-0.3, -0.25) is 19.0 Å². The zero-order valence-corrected chi connectivity index (χ0v) is 20.9. The second-order valence-electron chi connectivity index (χ2n) is 8.89. The summed E-state index contributed by atoms with van der Waals surface area (Å²) in [5.74, 6) is 0.707. The molecule has 0 atom stereocenters. The highest BCUT2D eigenvalue weighted by molar-refractivity contribution is 5.84. The van der Waals surface area contributed by atoms with Crippen molar-refractivity contribution in [2.75, 3.05) is 34.4 Å². The largest absolute Gasteiger partial charge is 0.493 e. The van der Waals surface area contributed by atoms with Crippen molar-refractivity contribution in [3.05, 3.63) is 64.7 Å². The molecule has 1 aliphatic heterocycles. The Bertz CT molecular complexity index is 1300. The third-order valence-electron chi connectivity index (χ3n) is 6.99. The van der Waals surface area contributed by atoms with Gasteiger partial charge in [-0.15, -0.1) is 0 Å². The van der Waals surface area contributed by atoms with Crippen LogP contribution in [0, 0.1) is 0 Å². The zero-order valence-electron chi connectivity index (χ0n) is 20.9. The van der Waals surface area contributed by atoms with Crippen LogP contribution in [0.25, 0.3) is 10.9 Å². The molecule has 0 saturated carbocycles. The van der Waals surface area contributed by atoms with Crippen LogP contribution in [0.1, 0.15) is 31.2 Å². The number of rotatable bonds is 8. The molecule has 1 amide bonds. The van der Waals surface area contributed by atoms with Gasteiger partial charge < -0.3 is 19.1 Å². The normalized spacial score (nSPS) is 14.9. The molecule has 9 nitrogen and oxygen atoms in total. The van der Waals surface area contributed by atoms with Gasteiger partial charge in [0.25, 0.3) is 5.56 Å². The Morgan fingerprint density at radius 3 is 2.31 bits per heavy atom. The standard InChI is InChI=1S/C27H31N3O6/c1-34-22-16-20-21(17-23(22)35-2)28-18-30(25(20)32)13-7-10-24(31)29-14-11-27(12-15-29,26(33)36-3)19-8-5-4-6-9-19/h4-6,8-9,16-18H,7,10-15H2,1-3H3. The van der Waals surface area contributed by atoms with E-state index in [0.717, 1.165) is 5.56 Å². The van der Waals surface area contributed by atoms with E-state index in [1.54, 1.807) is 17.0 Å². The van der Waals surface area contributed by atoms with Crippen molar-refractivity contribution in [3.63, 3.8) is 0 Å². The number of benzene rings is 2. The molecule has 1 aliphatic rings. The van der Waals surface area contributed by atoms with E-state index >= 15 is 0 Å². The summed E-state index contributed by atoms with van der Waals surface area (Å²) in [7, 11) is 4.45. The maximum atomic E-state index is 13.0. The van der Waals surface area contributed by atoms with Crippen molar-refractivity contribution >= 4 is 22.8 Å². The number of methoxy groups -OCH3 is 3. The van der Waals surface area contributed by atoms with E-state index in [4.69, 9.17) is 14.2 Å². The highest BCUT2D eigenvalue weighted by Crippen LogP contribution is 2.37. The Morgan fingerprint density at radius 2 is 1.67 bits per heavy atom. The quantitative estimate of drug-likeness (QED) is 0.445. The highest BCUT2D eigenvalue weighted by atomic mass is 16.5. The number of ether oxygens (including phenoxy) is 3. The number of hydrogen-bond acceptors (Lipinski definition) is 7. The first-order valence-electron chi connectivity index (χ1n) is 12.0. The Hall–Kier alpha value is -3.88. The molecule has 190 valence electrons. The number of hydrogen-bond donors (Lipinski definition) is 0. The van der Waals surface area contributed by atoms with Crippen molar-refractivity contribution in [1.82, 2.24) is 14.5 Å². The second-order valence-corrected chi connectivity index (χ2v) is 8.89. The van der Waals surface area contributed by atoms with E-state index in [9.17, 15) is 14.4 Å². The first-order chi connectivity index (χ1) is 17.4. The number of fused-ring (bicyclic) bond motifs is 1. The Balaban J connectivity index is 1.39. The van der Waals surface area contributed by atoms with Crippen LogP contribution in [-0.4, -0.2) is 60.7 Å². The fraction of sp³-hybridized carbons (Fsp3) is 0.407. The third kappa shape index (κ3) is 4.78. The summed E-state index contributed by atoms with van der Waals surface area (Å²) >= 11 is 0. The zero-order chi connectivity index (χ0) is 25.7. The van der Waals surface area contributed by atoms with Gasteiger partial charge in [0, 0.05) is 32.1 Å². The highest BCUT2D eigenvalue weighted by Gasteiger charge is 2.44. The van der Waals surface area contributed by atoms with Crippen molar-refractivity contribution in [1.29, 1.82) is 0 Å². The van der Waals surface area contributed by atoms with Crippen LogP contribution < -0.4 is 15.0 Å². The average molecular weight is 494 g/mol. The number of likely N-dealkylation sites (tertiary alicyclic amines) is 1. The van der Waals surface area contributed by atoms with E-state index in [2.05, 4.69) is 4.98 Å². The lowest BCUT2D eigenvalue weighted by molar-refractivity contribution is -0.151. The van der Waals surface area contributed by atoms with Crippen LogP contribution in [0.15, 0.2) is 53.6 Å². The Kier molecular flexibility index (Phi) is 7.57. The number of aryl methyl sites for hydroxylation is 1. The third-order valence-corrected chi connectivity index (χ3v) is 6.99.